The quantitative estimate of drug-likeness (QED) is 0.277. The van der Waals surface area contributed by atoms with E-state index in [1.165, 1.54) is 5.39 Å². The van der Waals surface area contributed by atoms with Crippen LogP contribution in [0.3, 0.4) is 0 Å². The lowest BCUT2D eigenvalue weighted by Gasteiger charge is -2.13. The van der Waals surface area contributed by atoms with E-state index in [-0.39, 0.29) is 11.5 Å². The molecule has 6 rings (SSSR count). The molecule has 0 fully saturated rings. The molecule has 4 aromatic carbocycles. The number of para-hydroxylation sites is 1. The molecule has 6 aromatic rings. The van der Waals surface area contributed by atoms with E-state index in [0.29, 0.717) is 27.8 Å². The summed E-state index contributed by atoms with van der Waals surface area (Å²) >= 11 is 12.5. The van der Waals surface area contributed by atoms with Crippen LogP contribution >= 0.6 is 23.2 Å². The van der Waals surface area contributed by atoms with Gasteiger partial charge in [0.15, 0.2) is 0 Å². The average molecular weight is 497 g/mol. The van der Waals surface area contributed by atoms with Crippen LogP contribution < -0.4 is 5.32 Å². The molecule has 2 aromatic heterocycles. The fourth-order valence-electron chi connectivity index (χ4n) is 4.51. The van der Waals surface area contributed by atoms with Crippen molar-refractivity contribution in [3.8, 4) is 0 Å². The predicted octanol–water partition coefficient (Wildman–Crippen LogP) is 7.35. The van der Waals surface area contributed by atoms with E-state index >= 15 is 0 Å². The first-order valence-corrected chi connectivity index (χ1v) is 11.8. The van der Waals surface area contributed by atoms with Gasteiger partial charge in [-0.1, -0.05) is 71.7 Å². The molecule has 5 nitrogen and oxygen atoms in total. The molecule has 0 atom stereocenters. The average Bonchev–Trinajstić information content (AvgIpc) is 3.28. The maximum atomic E-state index is 13.0. The highest BCUT2D eigenvalue weighted by molar-refractivity contribution is 6.40. The molecule has 1 N–H and O–H groups in total. The first kappa shape index (κ1) is 21.6. The van der Waals surface area contributed by atoms with E-state index < -0.39 is 0 Å². The summed E-state index contributed by atoms with van der Waals surface area (Å²) in [5.74, 6) is -0.382. The van der Waals surface area contributed by atoms with E-state index in [0.717, 1.165) is 27.4 Å². The molecule has 7 heteroatoms. The number of nitrogens with one attached hydrogen (secondary N) is 1. The molecule has 0 unspecified atom stereocenters. The molecule has 0 aliphatic carbocycles. The van der Waals surface area contributed by atoms with E-state index in [4.69, 9.17) is 23.2 Å². The van der Waals surface area contributed by atoms with Crippen LogP contribution in [0.1, 0.15) is 15.9 Å². The SMILES string of the molecule is O=C(Nc1cccc2c(Cn3cnc4ccc5ccccc5c43)ccnc12)c1c(Cl)cccc1Cl. The zero-order chi connectivity index (χ0) is 23.9. The number of halogens is 2. The number of amides is 1. The van der Waals surface area contributed by atoms with Crippen molar-refractivity contribution in [2.45, 2.75) is 6.54 Å². The molecule has 0 aliphatic heterocycles. The topological polar surface area (TPSA) is 59.8 Å². The number of carbonyl (C=O) groups excluding carboxylic acids is 1. The third-order valence-corrected chi connectivity index (χ3v) is 6.77. The molecule has 0 saturated carbocycles. The Morgan fingerprint density at radius 2 is 1.60 bits per heavy atom. The van der Waals surface area contributed by atoms with E-state index in [9.17, 15) is 4.79 Å². The summed E-state index contributed by atoms with van der Waals surface area (Å²) in [6, 6.07) is 25.2. The number of hydrogen-bond donors (Lipinski definition) is 1. The highest BCUT2D eigenvalue weighted by atomic mass is 35.5. The molecule has 0 aliphatic rings. The Hall–Kier alpha value is -3.93. The van der Waals surface area contributed by atoms with Crippen LogP contribution in [0.5, 0.6) is 0 Å². The fraction of sp³-hybridized carbons (Fsp3) is 0.0357. The first-order valence-electron chi connectivity index (χ1n) is 11.0. The van der Waals surface area contributed by atoms with Gasteiger partial charge in [0.2, 0.25) is 0 Å². The molecular formula is C28H18Cl2N4O. The van der Waals surface area contributed by atoms with Crippen LogP contribution in [0.25, 0.3) is 32.7 Å². The van der Waals surface area contributed by atoms with Crippen molar-refractivity contribution in [3.05, 3.63) is 113 Å². The zero-order valence-electron chi connectivity index (χ0n) is 18.4. The second-order valence-corrected chi connectivity index (χ2v) is 9.06. The minimum Gasteiger partial charge on any atom is -0.326 e. The monoisotopic (exact) mass is 496 g/mol. The number of pyridine rings is 1. The Morgan fingerprint density at radius 1 is 0.829 bits per heavy atom. The van der Waals surface area contributed by atoms with Gasteiger partial charge in [-0.3, -0.25) is 9.78 Å². The summed E-state index contributed by atoms with van der Waals surface area (Å²) in [4.78, 5) is 22.2. The molecule has 0 spiro atoms. The summed E-state index contributed by atoms with van der Waals surface area (Å²) in [7, 11) is 0. The van der Waals surface area contributed by atoms with Gasteiger partial charge in [-0.25, -0.2) is 4.98 Å². The summed E-state index contributed by atoms with van der Waals surface area (Å²) in [5, 5.41) is 6.79. The van der Waals surface area contributed by atoms with Crippen molar-refractivity contribution in [1.29, 1.82) is 0 Å². The number of imidazole rings is 1. The van der Waals surface area contributed by atoms with Gasteiger partial charge in [-0.15, -0.1) is 0 Å². The van der Waals surface area contributed by atoms with Crippen LogP contribution in [0.4, 0.5) is 5.69 Å². The van der Waals surface area contributed by atoms with Gasteiger partial charge in [-0.2, -0.15) is 0 Å². The van der Waals surface area contributed by atoms with Gasteiger partial charge in [0.05, 0.1) is 44.2 Å². The Bertz CT molecular complexity index is 1740. The number of rotatable bonds is 4. The Balaban J connectivity index is 1.41. The molecule has 1 amide bonds. The molecule has 35 heavy (non-hydrogen) atoms. The lowest BCUT2D eigenvalue weighted by molar-refractivity contribution is 0.102. The summed E-state index contributed by atoms with van der Waals surface area (Å²) in [5.41, 5.74) is 4.62. The van der Waals surface area contributed by atoms with Gasteiger partial charge >= 0.3 is 0 Å². The zero-order valence-corrected chi connectivity index (χ0v) is 19.9. The number of carbonyl (C=O) groups is 1. The largest absolute Gasteiger partial charge is 0.326 e. The van der Waals surface area contributed by atoms with Crippen molar-refractivity contribution in [2.75, 3.05) is 5.32 Å². The van der Waals surface area contributed by atoms with Crippen LogP contribution in [0, 0.1) is 0 Å². The molecule has 170 valence electrons. The second kappa shape index (κ2) is 8.69. The molecular weight excluding hydrogens is 479 g/mol. The normalized spacial score (nSPS) is 11.4. The van der Waals surface area contributed by atoms with Gasteiger partial charge < -0.3 is 9.88 Å². The summed E-state index contributed by atoms with van der Waals surface area (Å²) in [6.45, 7) is 0.608. The Morgan fingerprint density at radius 3 is 2.46 bits per heavy atom. The standard InChI is InChI=1S/C28H18Cl2N4O/c29-21-8-4-9-22(30)25(21)28(35)33-23-10-3-7-19-18(13-14-31-26(19)23)15-34-16-32-24-12-11-17-5-1-2-6-20(17)27(24)34/h1-14,16H,15H2,(H,33,35). The van der Waals surface area contributed by atoms with Gasteiger partial charge in [0.25, 0.3) is 5.91 Å². The smallest absolute Gasteiger partial charge is 0.258 e. The summed E-state index contributed by atoms with van der Waals surface area (Å²) < 4.78 is 2.15. The highest BCUT2D eigenvalue weighted by Crippen LogP contribution is 2.30. The summed E-state index contributed by atoms with van der Waals surface area (Å²) in [6.07, 6.45) is 3.63. The van der Waals surface area contributed by atoms with Crippen molar-refractivity contribution in [3.63, 3.8) is 0 Å². The lowest BCUT2D eigenvalue weighted by atomic mass is 10.1. The molecule has 0 bridgehead atoms. The van der Waals surface area contributed by atoms with Crippen LogP contribution in [0.2, 0.25) is 10.0 Å². The van der Waals surface area contributed by atoms with Crippen molar-refractivity contribution < 1.29 is 4.79 Å². The van der Waals surface area contributed by atoms with E-state index in [1.54, 1.807) is 24.4 Å². The van der Waals surface area contributed by atoms with Crippen molar-refractivity contribution >= 4 is 67.5 Å². The lowest BCUT2D eigenvalue weighted by Crippen LogP contribution is -2.13. The van der Waals surface area contributed by atoms with E-state index in [1.807, 2.05) is 48.8 Å². The number of benzene rings is 4. The van der Waals surface area contributed by atoms with E-state index in [2.05, 4.69) is 38.1 Å². The van der Waals surface area contributed by atoms with Crippen molar-refractivity contribution in [1.82, 2.24) is 14.5 Å². The third-order valence-electron chi connectivity index (χ3n) is 6.14. The van der Waals surface area contributed by atoms with Gasteiger partial charge in [0, 0.05) is 23.5 Å². The maximum Gasteiger partial charge on any atom is 0.258 e. The number of hydrogen-bond acceptors (Lipinski definition) is 3. The maximum absolute atomic E-state index is 13.0. The molecule has 0 saturated heterocycles. The minimum absolute atomic E-state index is 0.237. The second-order valence-electron chi connectivity index (χ2n) is 8.25. The van der Waals surface area contributed by atoms with Gasteiger partial charge in [0.1, 0.15) is 0 Å². The van der Waals surface area contributed by atoms with Crippen LogP contribution in [0.15, 0.2) is 91.4 Å². The number of nitrogens with zero attached hydrogens (tertiary/aromatic N) is 3. The molecule has 2 heterocycles. The first-order chi connectivity index (χ1) is 17.1. The number of aromatic nitrogens is 3. The number of anilines is 1. The van der Waals surface area contributed by atoms with Crippen LogP contribution in [-0.2, 0) is 6.54 Å². The molecule has 0 radical (unpaired) electrons. The fourth-order valence-corrected chi connectivity index (χ4v) is 5.08. The van der Waals surface area contributed by atoms with Gasteiger partial charge in [-0.05, 0) is 41.3 Å². The Labute approximate surface area is 210 Å². The van der Waals surface area contributed by atoms with Crippen molar-refractivity contribution in [2.24, 2.45) is 0 Å². The highest BCUT2D eigenvalue weighted by Gasteiger charge is 2.17. The predicted molar refractivity (Wildman–Crippen MR) is 142 cm³/mol. The Kier molecular flexibility index (Phi) is 5.36. The third kappa shape index (κ3) is 3.79. The van der Waals surface area contributed by atoms with Crippen LogP contribution in [-0.4, -0.2) is 20.4 Å². The minimum atomic E-state index is -0.382. The number of fused-ring (bicyclic) bond motifs is 4.